The number of aromatic amines is 2. The number of methoxy groups -OCH3 is 1. The zero-order chi connectivity index (χ0) is 28.1. The summed E-state index contributed by atoms with van der Waals surface area (Å²) < 4.78 is 31.1. The Morgan fingerprint density at radius 3 is 2.83 bits per heavy atom. The number of ether oxygens (including phenoxy) is 1. The number of aromatic nitrogens is 8. The molecule has 5 aromatic heterocycles. The molecule has 1 aliphatic rings. The van der Waals surface area contributed by atoms with Gasteiger partial charge in [-0.3, -0.25) is 10.3 Å². The fourth-order valence-electron chi connectivity index (χ4n) is 5.30. The Labute approximate surface area is 230 Å². The van der Waals surface area contributed by atoms with Crippen molar-refractivity contribution in [1.29, 1.82) is 0 Å². The highest BCUT2D eigenvalue weighted by Crippen LogP contribution is 2.45. The summed E-state index contributed by atoms with van der Waals surface area (Å²) in [5, 5.41) is 13.3. The highest BCUT2D eigenvalue weighted by Gasteiger charge is 2.53. The Morgan fingerprint density at radius 1 is 1.17 bits per heavy atom. The summed E-state index contributed by atoms with van der Waals surface area (Å²) in [5.41, 5.74) is 2.19. The van der Waals surface area contributed by atoms with E-state index in [1.54, 1.807) is 19.4 Å². The lowest BCUT2D eigenvalue weighted by atomic mass is 9.82. The Hall–Kier alpha value is -4.95. The molecular formula is C27H24FN9O4. The highest BCUT2D eigenvalue weighted by atomic mass is 19.1. The molecule has 0 radical (unpaired) electrons. The molecule has 1 aliphatic heterocycles. The molecule has 0 spiro atoms. The number of imidazole rings is 1. The average molecular weight is 558 g/mol. The minimum atomic E-state index is -1.45. The molecule has 0 aliphatic carbocycles. The van der Waals surface area contributed by atoms with Crippen LogP contribution in [0.15, 0.2) is 62.5 Å². The first-order chi connectivity index (χ1) is 20.0. The molecule has 1 aromatic carbocycles. The first-order valence-electron chi connectivity index (χ1n) is 12.9. The van der Waals surface area contributed by atoms with Gasteiger partial charge >= 0.3 is 5.76 Å². The summed E-state index contributed by atoms with van der Waals surface area (Å²) >= 11 is 0. The van der Waals surface area contributed by atoms with E-state index in [4.69, 9.17) is 13.7 Å². The molecule has 41 heavy (non-hydrogen) atoms. The van der Waals surface area contributed by atoms with Gasteiger partial charge in [0.25, 0.3) is 5.89 Å². The van der Waals surface area contributed by atoms with Gasteiger partial charge in [-0.1, -0.05) is 23.4 Å². The molecule has 6 aromatic rings. The van der Waals surface area contributed by atoms with E-state index in [0.717, 1.165) is 27.3 Å². The van der Waals surface area contributed by atoms with Crippen LogP contribution in [0, 0.1) is 5.82 Å². The number of aryl methyl sites for hydroxylation is 1. The standard InChI is InChI=1S/C27H24FN9O4/c1-37-26(38)40-25(35-37)27(24-33-21(41-36-24)9-10-39-2)22-16(15-5-3-4-6-17(15)31-22)11-19(34-27)23-30-13-20(32-23)18-8-7-14(28)12-29-18/h3-8,12-13,19,31,34H,9-11H2,1-2H3,(H,30,32). The molecule has 0 saturated carbocycles. The Kier molecular flexibility index (Phi) is 5.87. The Balaban J connectivity index is 1.43. The third-order valence-electron chi connectivity index (χ3n) is 7.25. The molecule has 13 nitrogen and oxygen atoms in total. The van der Waals surface area contributed by atoms with Gasteiger partial charge in [0, 0.05) is 25.1 Å². The minimum Gasteiger partial charge on any atom is -0.389 e. The highest BCUT2D eigenvalue weighted by molar-refractivity contribution is 5.86. The van der Waals surface area contributed by atoms with E-state index in [9.17, 15) is 9.18 Å². The van der Waals surface area contributed by atoms with Gasteiger partial charge in [0.1, 0.15) is 11.6 Å². The number of hydrogen-bond donors (Lipinski definition) is 3. The van der Waals surface area contributed by atoms with Gasteiger partial charge in [0.2, 0.25) is 17.3 Å². The van der Waals surface area contributed by atoms with Crippen LogP contribution in [0.1, 0.15) is 40.7 Å². The first kappa shape index (κ1) is 25.0. The third-order valence-corrected chi connectivity index (χ3v) is 7.25. The molecule has 14 heteroatoms. The predicted octanol–water partition coefficient (Wildman–Crippen LogP) is 2.53. The van der Waals surface area contributed by atoms with Gasteiger partial charge in [-0.15, -0.1) is 5.10 Å². The number of fused-ring (bicyclic) bond motifs is 3. The average Bonchev–Trinajstić information content (AvgIpc) is 3.79. The van der Waals surface area contributed by atoms with Crippen molar-refractivity contribution in [3.05, 3.63) is 99.8 Å². The van der Waals surface area contributed by atoms with Crippen LogP contribution in [0.5, 0.6) is 0 Å². The number of rotatable bonds is 7. The number of halogens is 1. The number of para-hydroxylation sites is 1. The molecule has 0 bridgehead atoms. The number of nitrogens with one attached hydrogen (secondary N) is 3. The van der Waals surface area contributed by atoms with E-state index in [-0.39, 0.29) is 11.7 Å². The number of pyridine rings is 1. The molecule has 7 rings (SSSR count). The molecule has 0 amide bonds. The van der Waals surface area contributed by atoms with Crippen LogP contribution in [0.2, 0.25) is 0 Å². The van der Waals surface area contributed by atoms with Crippen LogP contribution in [0.4, 0.5) is 4.39 Å². The molecule has 6 heterocycles. The summed E-state index contributed by atoms with van der Waals surface area (Å²) in [4.78, 5) is 32.9. The van der Waals surface area contributed by atoms with Crippen LogP contribution in [-0.4, -0.2) is 53.6 Å². The fourth-order valence-corrected chi connectivity index (χ4v) is 5.30. The lowest BCUT2D eigenvalue weighted by Crippen LogP contribution is -2.52. The lowest BCUT2D eigenvalue weighted by Gasteiger charge is -2.37. The predicted molar refractivity (Wildman–Crippen MR) is 141 cm³/mol. The van der Waals surface area contributed by atoms with Crippen LogP contribution < -0.4 is 11.1 Å². The van der Waals surface area contributed by atoms with Crippen LogP contribution in [-0.2, 0) is 30.2 Å². The third kappa shape index (κ3) is 4.06. The fraction of sp³-hybridized carbons (Fsp3) is 0.259. The first-order valence-corrected chi connectivity index (χ1v) is 12.9. The van der Waals surface area contributed by atoms with E-state index >= 15 is 0 Å². The number of hydrogen-bond acceptors (Lipinski definition) is 10. The van der Waals surface area contributed by atoms with Crippen molar-refractivity contribution in [3.63, 3.8) is 0 Å². The van der Waals surface area contributed by atoms with Crippen molar-refractivity contribution in [2.75, 3.05) is 13.7 Å². The zero-order valence-corrected chi connectivity index (χ0v) is 22.0. The largest absolute Gasteiger partial charge is 0.436 e. The summed E-state index contributed by atoms with van der Waals surface area (Å²) in [7, 11) is 3.09. The van der Waals surface area contributed by atoms with Gasteiger partial charge in [0.15, 0.2) is 0 Å². The quantitative estimate of drug-likeness (QED) is 0.265. The van der Waals surface area contributed by atoms with E-state index < -0.39 is 23.2 Å². The van der Waals surface area contributed by atoms with Crippen molar-refractivity contribution >= 4 is 10.9 Å². The molecule has 2 atom stereocenters. The molecule has 0 saturated heterocycles. The van der Waals surface area contributed by atoms with Gasteiger partial charge in [-0.25, -0.2) is 14.2 Å². The van der Waals surface area contributed by atoms with Gasteiger partial charge in [0.05, 0.1) is 48.5 Å². The van der Waals surface area contributed by atoms with E-state index in [1.165, 1.54) is 13.1 Å². The van der Waals surface area contributed by atoms with Crippen molar-refractivity contribution in [2.45, 2.75) is 24.4 Å². The maximum atomic E-state index is 13.5. The normalized spacial score (nSPS) is 18.7. The molecule has 0 fully saturated rings. The van der Waals surface area contributed by atoms with Crippen LogP contribution in [0.25, 0.3) is 22.3 Å². The van der Waals surface area contributed by atoms with Gasteiger partial charge in [-0.05, 0) is 30.2 Å². The van der Waals surface area contributed by atoms with E-state index in [2.05, 4.69) is 40.5 Å². The van der Waals surface area contributed by atoms with E-state index in [1.807, 2.05) is 24.3 Å². The second-order valence-corrected chi connectivity index (χ2v) is 9.77. The Bertz CT molecular complexity index is 1920. The summed E-state index contributed by atoms with van der Waals surface area (Å²) in [6, 6.07) is 10.3. The second-order valence-electron chi connectivity index (χ2n) is 9.77. The van der Waals surface area contributed by atoms with Gasteiger partial charge < -0.3 is 23.6 Å². The zero-order valence-electron chi connectivity index (χ0n) is 22.0. The van der Waals surface area contributed by atoms with Crippen molar-refractivity contribution in [3.8, 4) is 11.4 Å². The number of H-pyrrole nitrogens is 2. The molecule has 208 valence electrons. The minimum absolute atomic E-state index is 0.0357. The topological polar surface area (TPSA) is 166 Å². The maximum Gasteiger partial charge on any atom is 0.436 e. The van der Waals surface area contributed by atoms with Crippen molar-refractivity contribution in [2.24, 2.45) is 7.05 Å². The van der Waals surface area contributed by atoms with Crippen LogP contribution >= 0.6 is 0 Å². The summed E-state index contributed by atoms with van der Waals surface area (Å²) in [6.07, 6.45) is 3.69. The summed E-state index contributed by atoms with van der Waals surface area (Å²) in [6.45, 7) is 0.383. The van der Waals surface area contributed by atoms with Crippen molar-refractivity contribution < 1.29 is 18.1 Å². The van der Waals surface area contributed by atoms with Crippen LogP contribution in [0.3, 0.4) is 0 Å². The molecular weight excluding hydrogens is 533 g/mol. The molecule has 2 unspecified atom stereocenters. The maximum absolute atomic E-state index is 13.5. The smallest absolute Gasteiger partial charge is 0.389 e. The lowest BCUT2D eigenvalue weighted by molar-refractivity contribution is 0.191. The number of nitrogens with zero attached hydrogens (tertiary/aromatic N) is 6. The Morgan fingerprint density at radius 2 is 2.05 bits per heavy atom. The van der Waals surface area contributed by atoms with E-state index in [0.29, 0.717) is 48.2 Å². The van der Waals surface area contributed by atoms with Crippen molar-refractivity contribution in [1.82, 2.24) is 45.2 Å². The number of benzene rings is 1. The summed E-state index contributed by atoms with van der Waals surface area (Å²) in [5.74, 6) is 0.0905. The van der Waals surface area contributed by atoms with Gasteiger partial charge in [-0.2, -0.15) is 9.67 Å². The monoisotopic (exact) mass is 557 g/mol. The second kappa shape index (κ2) is 9.60. The molecule has 3 N–H and O–H groups in total. The SMILES string of the molecule is COCCc1nc(C2(c3nn(C)c(=O)o3)NC(c3ncc(-c4ccc(F)cn4)[nH]3)Cc3c2[nH]c2ccccc32)no1.